The summed E-state index contributed by atoms with van der Waals surface area (Å²) in [5.74, 6) is -1.74. The Hall–Kier alpha value is -4.96. The SMILES string of the molecule is NC1=C(n2c(-c3ccccc3)csc2=NC(=O)c2cccc([N+](=O)[O-])c2)C(=O)c2ccccc2C1=O. The lowest BCUT2D eigenvalue weighted by atomic mass is 9.90. The lowest BCUT2D eigenvalue weighted by molar-refractivity contribution is -0.384. The molecule has 0 saturated heterocycles. The molecule has 4 aromatic rings. The number of nitro benzene ring substituents is 1. The molecule has 176 valence electrons. The van der Waals surface area contributed by atoms with Crippen LogP contribution in [0.3, 0.4) is 0 Å². The van der Waals surface area contributed by atoms with Gasteiger partial charge in [0, 0.05) is 34.2 Å². The van der Waals surface area contributed by atoms with Crippen LogP contribution < -0.4 is 10.5 Å². The predicted octanol–water partition coefficient (Wildman–Crippen LogP) is 4.07. The molecule has 0 radical (unpaired) electrons. The van der Waals surface area contributed by atoms with Crippen LogP contribution in [0.15, 0.2) is 94.9 Å². The Bertz CT molecular complexity index is 1680. The van der Waals surface area contributed by atoms with Crippen molar-refractivity contribution in [2.75, 3.05) is 0 Å². The summed E-state index contributed by atoms with van der Waals surface area (Å²) in [4.78, 5) is 54.4. The van der Waals surface area contributed by atoms with E-state index in [4.69, 9.17) is 5.73 Å². The Morgan fingerprint density at radius 2 is 1.58 bits per heavy atom. The van der Waals surface area contributed by atoms with Crippen LogP contribution in [0, 0.1) is 10.1 Å². The molecule has 1 aliphatic carbocycles. The number of benzene rings is 3. The quantitative estimate of drug-likeness (QED) is 0.334. The number of allylic oxidation sites excluding steroid dienone is 2. The third-order valence-corrected chi connectivity index (χ3v) is 6.46. The highest BCUT2D eigenvalue weighted by atomic mass is 32.1. The van der Waals surface area contributed by atoms with Crippen molar-refractivity contribution in [3.8, 4) is 11.3 Å². The molecule has 5 rings (SSSR count). The number of carbonyl (C=O) groups excluding carboxylic acids is 3. The predicted molar refractivity (Wildman–Crippen MR) is 133 cm³/mol. The largest absolute Gasteiger partial charge is 0.394 e. The Kier molecular flexibility index (Phi) is 5.71. The van der Waals surface area contributed by atoms with Crippen molar-refractivity contribution in [1.82, 2.24) is 4.57 Å². The van der Waals surface area contributed by atoms with Gasteiger partial charge in [0.2, 0.25) is 11.6 Å². The van der Waals surface area contributed by atoms with Gasteiger partial charge in [-0.3, -0.25) is 29.1 Å². The van der Waals surface area contributed by atoms with Crippen LogP contribution in [0.2, 0.25) is 0 Å². The van der Waals surface area contributed by atoms with E-state index >= 15 is 0 Å². The molecule has 3 aromatic carbocycles. The number of thiazole rings is 1. The third kappa shape index (κ3) is 3.85. The lowest BCUT2D eigenvalue weighted by Crippen LogP contribution is -2.32. The topological polar surface area (TPSA) is 138 Å². The van der Waals surface area contributed by atoms with Crippen LogP contribution in [0.5, 0.6) is 0 Å². The van der Waals surface area contributed by atoms with Gasteiger partial charge in [0.15, 0.2) is 4.80 Å². The van der Waals surface area contributed by atoms with Crippen molar-refractivity contribution in [3.63, 3.8) is 0 Å². The maximum Gasteiger partial charge on any atom is 0.279 e. The summed E-state index contributed by atoms with van der Waals surface area (Å²) in [6, 6.07) is 20.6. The molecule has 0 spiro atoms. The standard InChI is InChI=1S/C26H16N4O5S/c27-21-22(24(32)19-12-5-4-11-18(19)23(21)31)29-20(15-7-2-1-3-8-15)14-36-26(29)28-25(33)16-9-6-10-17(13-16)30(34)35/h1-14H,27H2. The minimum absolute atomic E-state index is 0.00348. The number of nitro groups is 1. The number of aromatic nitrogens is 1. The van der Waals surface area contributed by atoms with Gasteiger partial charge in [0.25, 0.3) is 11.6 Å². The first kappa shape index (κ1) is 22.8. The first-order chi connectivity index (χ1) is 17.4. The third-order valence-electron chi connectivity index (χ3n) is 5.63. The van der Waals surface area contributed by atoms with E-state index in [1.54, 1.807) is 23.6 Å². The molecule has 0 saturated carbocycles. The summed E-state index contributed by atoms with van der Waals surface area (Å²) in [5.41, 5.74) is 7.21. The van der Waals surface area contributed by atoms with E-state index in [-0.39, 0.29) is 38.6 Å². The van der Waals surface area contributed by atoms with E-state index in [9.17, 15) is 24.5 Å². The van der Waals surface area contributed by atoms with Gasteiger partial charge in [-0.2, -0.15) is 4.99 Å². The summed E-state index contributed by atoms with van der Waals surface area (Å²) < 4.78 is 1.40. The van der Waals surface area contributed by atoms with Crippen LogP contribution in [0.4, 0.5) is 5.69 Å². The molecule has 1 aliphatic rings. The number of Topliss-reactive ketones (excluding diaryl/α,β-unsaturated/α-hetero) is 2. The van der Waals surface area contributed by atoms with Gasteiger partial charge in [-0.25, -0.2) is 0 Å². The minimum Gasteiger partial charge on any atom is -0.394 e. The van der Waals surface area contributed by atoms with Gasteiger partial charge in [-0.05, 0) is 11.6 Å². The second kappa shape index (κ2) is 9.01. The molecule has 0 unspecified atom stereocenters. The number of nitrogens with zero attached hydrogens (tertiary/aromatic N) is 3. The highest BCUT2D eigenvalue weighted by molar-refractivity contribution is 7.07. The van der Waals surface area contributed by atoms with Gasteiger partial charge < -0.3 is 5.73 Å². The molecule has 0 aliphatic heterocycles. The monoisotopic (exact) mass is 496 g/mol. The molecular weight excluding hydrogens is 480 g/mol. The molecule has 0 fully saturated rings. The van der Waals surface area contributed by atoms with Crippen molar-refractivity contribution < 1.29 is 19.3 Å². The molecule has 10 heteroatoms. The van der Waals surface area contributed by atoms with Gasteiger partial charge in [0.1, 0.15) is 11.4 Å². The number of non-ortho nitro benzene ring substituents is 1. The van der Waals surface area contributed by atoms with Crippen molar-refractivity contribution >= 4 is 40.2 Å². The zero-order chi connectivity index (χ0) is 25.4. The smallest absolute Gasteiger partial charge is 0.279 e. The fraction of sp³-hybridized carbons (Fsp3) is 0. The Morgan fingerprint density at radius 1 is 0.917 bits per heavy atom. The Morgan fingerprint density at radius 3 is 2.28 bits per heavy atom. The van der Waals surface area contributed by atoms with Crippen LogP contribution in [-0.4, -0.2) is 27.0 Å². The molecule has 1 amide bonds. The zero-order valence-electron chi connectivity index (χ0n) is 18.5. The number of rotatable bonds is 4. The number of hydrogen-bond donors (Lipinski definition) is 1. The fourth-order valence-corrected chi connectivity index (χ4v) is 4.81. The molecular formula is C26H16N4O5S. The normalized spacial score (nSPS) is 13.6. The van der Waals surface area contributed by atoms with Crippen molar-refractivity contribution in [1.29, 1.82) is 0 Å². The summed E-state index contributed by atoms with van der Waals surface area (Å²) in [6.45, 7) is 0. The maximum absolute atomic E-state index is 13.6. The molecule has 0 bridgehead atoms. The number of carbonyl (C=O) groups is 3. The van der Waals surface area contributed by atoms with Gasteiger partial charge in [-0.15, -0.1) is 11.3 Å². The average Bonchev–Trinajstić information content (AvgIpc) is 3.31. The van der Waals surface area contributed by atoms with Crippen molar-refractivity contribution in [2.45, 2.75) is 0 Å². The first-order valence-corrected chi connectivity index (χ1v) is 11.5. The van der Waals surface area contributed by atoms with E-state index in [1.807, 2.05) is 30.3 Å². The Balaban J connectivity index is 1.74. The van der Waals surface area contributed by atoms with Gasteiger partial charge in [0.05, 0.1) is 10.6 Å². The average molecular weight is 497 g/mol. The summed E-state index contributed by atoms with van der Waals surface area (Å²) in [6.07, 6.45) is 0. The second-order valence-electron chi connectivity index (χ2n) is 7.80. The lowest BCUT2D eigenvalue weighted by Gasteiger charge is -2.20. The van der Waals surface area contributed by atoms with E-state index in [0.29, 0.717) is 11.3 Å². The zero-order valence-corrected chi connectivity index (χ0v) is 19.3. The summed E-state index contributed by atoms with van der Waals surface area (Å²) in [7, 11) is 0. The molecule has 0 atom stereocenters. The maximum atomic E-state index is 13.6. The van der Waals surface area contributed by atoms with E-state index in [0.717, 1.165) is 17.4 Å². The van der Waals surface area contributed by atoms with E-state index in [1.165, 1.54) is 28.8 Å². The van der Waals surface area contributed by atoms with E-state index in [2.05, 4.69) is 4.99 Å². The van der Waals surface area contributed by atoms with Crippen LogP contribution >= 0.6 is 11.3 Å². The minimum atomic E-state index is -0.747. The number of ketones is 2. The molecule has 9 nitrogen and oxygen atoms in total. The number of amides is 1. The first-order valence-electron chi connectivity index (χ1n) is 10.6. The van der Waals surface area contributed by atoms with Crippen molar-refractivity contribution in [2.24, 2.45) is 10.7 Å². The number of hydrogen-bond acceptors (Lipinski definition) is 7. The number of fused-ring (bicyclic) bond motifs is 1. The van der Waals surface area contributed by atoms with Crippen LogP contribution in [-0.2, 0) is 0 Å². The molecule has 1 heterocycles. The molecule has 2 N–H and O–H groups in total. The van der Waals surface area contributed by atoms with Crippen molar-refractivity contribution in [3.05, 3.63) is 122 Å². The summed E-state index contributed by atoms with van der Waals surface area (Å²) >= 11 is 1.07. The highest BCUT2D eigenvalue weighted by Gasteiger charge is 2.33. The number of nitrogens with two attached hydrogens (primary N) is 1. The molecule has 36 heavy (non-hydrogen) atoms. The fourth-order valence-electron chi connectivity index (χ4n) is 3.92. The molecule has 1 aromatic heterocycles. The van der Waals surface area contributed by atoms with Crippen LogP contribution in [0.25, 0.3) is 17.0 Å². The summed E-state index contributed by atoms with van der Waals surface area (Å²) in [5, 5.41) is 12.8. The van der Waals surface area contributed by atoms with E-state index < -0.39 is 22.4 Å². The Labute approximate surface area is 207 Å². The van der Waals surface area contributed by atoms with Crippen LogP contribution in [0.1, 0.15) is 31.1 Å². The van der Waals surface area contributed by atoms with Gasteiger partial charge in [-0.1, -0.05) is 60.7 Å². The van der Waals surface area contributed by atoms with Gasteiger partial charge >= 0.3 is 0 Å². The highest BCUT2D eigenvalue weighted by Crippen LogP contribution is 2.30. The second-order valence-corrected chi connectivity index (χ2v) is 8.63.